The van der Waals surface area contributed by atoms with Gasteiger partial charge in [-0.25, -0.2) is 9.97 Å². The lowest BCUT2D eigenvalue weighted by molar-refractivity contribution is 0.401. The van der Waals surface area contributed by atoms with E-state index in [4.69, 9.17) is 4.98 Å². The van der Waals surface area contributed by atoms with Crippen LogP contribution >= 0.6 is 15.9 Å². The van der Waals surface area contributed by atoms with Crippen LogP contribution in [0.25, 0.3) is 21.8 Å². The summed E-state index contributed by atoms with van der Waals surface area (Å²) in [6.45, 7) is 8.12. The van der Waals surface area contributed by atoms with E-state index in [1.807, 2.05) is 77.6 Å². The smallest absolute Gasteiger partial charge is 0.261 e. The summed E-state index contributed by atoms with van der Waals surface area (Å²) in [6.07, 6.45) is 7.22. The second kappa shape index (κ2) is 16.2. The van der Waals surface area contributed by atoms with E-state index in [0.717, 1.165) is 63.9 Å². The summed E-state index contributed by atoms with van der Waals surface area (Å²) < 4.78 is 4.65. The van der Waals surface area contributed by atoms with Crippen molar-refractivity contribution >= 4 is 43.4 Å². The van der Waals surface area contributed by atoms with Crippen LogP contribution in [0, 0.1) is 13.8 Å². The Labute approximate surface area is 309 Å². The number of halogens is 1. The molecule has 0 saturated heterocycles. The van der Waals surface area contributed by atoms with Crippen molar-refractivity contribution in [1.29, 1.82) is 0 Å². The Balaban J connectivity index is 0.000000179. The number of anilines is 1. The summed E-state index contributed by atoms with van der Waals surface area (Å²) in [6, 6.07) is 33.3. The van der Waals surface area contributed by atoms with Crippen molar-refractivity contribution in [3.8, 4) is 0 Å². The first-order chi connectivity index (χ1) is 24.7. The molecule has 0 bridgehead atoms. The lowest BCUT2D eigenvalue weighted by Gasteiger charge is -2.36. The normalized spacial score (nSPS) is 14.1. The maximum atomic E-state index is 13.5. The molecule has 1 aliphatic carbocycles. The number of aromatic nitrogens is 4. The molecule has 8 heteroatoms. The Bertz CT molecular complexity index is 2230. The number of rotatable bonds is 10. The predicted molar refractivity (Wildman–Crippen MR) is 214 cm³/mol. The lowest BCUT2D eigenvalue weighted by atomic mass is 9.91. The molecule has 7 nitrogen and oxygen atoms in total. The highest BCUT2D eigenvalue weighted by molar-refractivity contribution is 9.10. The quantitative estimate of drug-likeness (QED) is 0.140. The number of benzene rings is 4. The fourth-order valence-corrected chi connectivity index (χ4v) is 7.61. The molecule has 2 atom stereocenters. The average molecular weight is 747 g/mol. The van der Waals surface area contributed by atoms with Gasteiger partial charge in [-0.05, 0) is 106 Å². The van der Waals surface area contributed by atoms with Gasteiger partial charge in [-0.15, -0.1) is 0 Å². The average Bonchev–Trinajstić information content (AvgIpc) is 3.11. The third kappa shape index (κ3) is 8.01. The topological polar surface area (TPSA) is 73.0 Å². The SMILES string of the molecule is CC[C@H](Cc1ccccc1)n1c(C)nc2ccc(Br)cc2c1=O.CC[C@H](Cc1ccccc1)n1c(C)nc2ccc(N(C)C3CCC3)cc2c1=O. The first kappa shape index (κ1) is 36.2. The monoisotopic (exact) mass is 745 g/mol. The van der Waals surface area contributed by atoms with Crippen molar-refractivity contribution in [1.82, 2.24) is 19.1 Å². The van der Waals surface area contributed by atoms with Crippen molar-refractivity contribution in [3.05, 3.63) is 145 Å². The number of fused-ring (bicyclic) bond motifs is 2. The zero-order valence-corrected chi connectivity index (χ0v) is 31.9. The van der Waals surface area contributed by atoms with Crippen molar-refractivity contribution < 1.29 is 0 Å². The first-order valence-corrected chi connectivity index (χ1v) is 19.0. The van der Waals surface area contributed by atoms with Crippen LogP contribution < -0.4 is 16.0 Å². The van der Waals surface area contributed by atoms with Crippen molar-refractivity contribution in [2.45, 2.75) is 90.8 Å². The van der Waals surface area contributed by atoms with Crippen LogP contribution in [0.1, 0.15) is 80.8 Å². The molecular formula is C43H48BrN5O2. The molecule has 1 aliphatic rings. The van der Waals surface area contributed by atoms with Crippen LogP contribution in [0.15, 0.2) is 111 Å². The van der Waals surface area contributed by atoms with E-state index < -0.39 is 0 Å². The summed E-state index contributed by atoms with van der Waals surface area (Å²) in [7, 11) is 2.13. The van der Waals surface area contributed by atoms with Gasteiger partial charge in [0.15, 0.2) is 0 Å². The van der Waals surface area contributed by atoms with E-state index in [1.165, 1.54) is 30.4 Å². The highest BCUT2D eigenvalue weighted by atomic mass is 79.9. The van der Waals surface area contributed by atoms with Gasteiger partial charge in [0.05, 0.1) is 21.8 Å². The number of hydrogen-bond acceptors (Lipinski definition) is 5. The third-order valence-electron chi connectivity index (χ3n) is 10.4. The second-order valence-corrected chi connectivity index (χ2v) is 14.6. The van der Waals surface area contributed by atoms with E-state index in [1.54, 1.807) is 0 Å². The molecule has 1 fully saturated rings. The molecule has 4 aromatic carbocycles. The number of aryl methyl sites for hydroxylation is 2. The fraction of sp³-hybridized carbons (Fsp3) is 0.349. The molecule has 2 heterocycles. The van der Waals surface area contributed by atoms with Gasteiger partial charge >= 0.3 is 0 Å². The molecule has 51 heavy (non-hydrogen) atoms. The highest BCUT2D eigenvalue weighted by Gasteiger charge is 2.23. The summed E-state index contributed by atoms with van der Waals surface area (Å²) >= 11 is 3.44. The van der Waals surface area contributed by atoms with E-state index in [2.05, 4.69) is 89.2 Å². The van der Waals surface area contributed by atoms with Crippen molar-refractivity contribution in [2.75, 3.05) is 11.9 Å². The maximum absolute atomic E-state index is 13.5. The molecule has 1 saturated carbocycles. The van der Waals surface area contributed by atoms with Crippen molar-refractivity contribution in [3.63, 3.8) is 0 Å². The first-order valence-electron chi connectivity index (χ1n) is 18.2. The van der Waals surface area contributed by atoms with Gasteiger partial charge in [-0.3, -0.25) is 18.7 Å². The Morgan fingerprint density at radius 1 is 0.706 bits per heavy atom. The van der Waals surface area contributed by atoms with Crippen molar-refractivity contribution in [2.24, 2.45) is 0 Å². The molecule has 0 unspecified atom stereocenters. The second-order valence-electron chi connectivity index (χ2n) is 13.7. The van der Waals surface area contributed by atoms with E-state index in [-0.39, 0.29) is 23.2 Å². The molecular weight excluding hydrogens is 698 g/mol. The molecule has 0 spiro atoms. The zero-order chi connectivity index (χ0) is 36.1. The summed E-state index contributed by atoms with van der Waals surface area (Å²) in [5.74, 6) is 1.56. The fourth-order valence-electron chi connectivity index (χ4n) is 7.25. The third-order valence-corrected chi connectivity index (χ3v) is 10.9. The molecule has 0 N–H and O–H groups in total. The molecule has 0 radical (unpaired) electrons. The Kier molecular flexibility index (Phi) is 11.5. The highest BCUT2D eigenvalue weighted by Crippen LogP contribution is 2.30. The number of hydrogen-bond donors (Lipinski definition) is 0. The largest absolute Gasteiger partial charge is 0.372 e. The summed E-state index contributed by atoms with van der Waals surface area (Å²) in [5, 5.41) is 1.39. The molecule has 0 aliphatic heterocycles. The Hall–Kier alpha value is -4.56. The van der Waals surface area contributed by atoms with E-state index in [9.17, 15) is 9.59 Å². The minimum Gasteiger partial charge on any atom is -0.372 e. The summed E-state index contributed by atoms with van der Waals surface area (Å²) in [4.78, 5) is 38.2. The molecule has 7 rings (SSSR count). The van der Waals surface area contributed by atoms with Gasteiger partial charge in [0.25, 0.3) is 11.1 Å². The summed E-state index contributed by atoms with van der Waals surface area (Å²) in [5.41, 5.74) is 5.26. The molecule has 264 valence electrons. The van der Waals surface area contributed by atoms with Crippen LogP contribution in [0.4, 0.5) is 5.69 Å². The van der Waals surface area contributed by atoms with Crippen LogP contribution in [-0.4, -0.2) is 32.2 Å². The minimum atomic E-state index is 0.0385. The van der Waals surface area contributed by atoms with Gasteiger partial charge in [0.2, 0.25) is 0 Å². The maximum Gasteiger partial charge on any atom is 0.261 e. The Morgan fingerprint density at radius 2 is 1.18 bits per heavy atom. The van der Waals surface area contributed by atoms with Gasteiger partial charge < -0.3 is 4.90 Å². The Morgan fingerprint density at radius 3 is 1.63 bits per heavy atom. The van der Waals surface area contributed by atoms with Crippen LogP contribution in [0.3, 0.4) is 0 Å². The van der Waals surface area contributed by atoms with Gasteiger partial charge in [-0.2, -0.15) is 0 Å². The number of nitrogens with zero attached hydrogens (tertiary/aromatic N) is 5. The predicted octanol–water partition coefficient (Wildman–Crippen LogP) is 9.55. The van der Waals surface area contributed by atoms with Gasteiger partial charge in [-0.1, -0.05) is 90.4 Å². The van der Waals surface area contributed by atoms with Gasteiger partial charge in [0.1, 0.15) is 11.6 Å². The lowest BCUT2D eigenvalue weighted by Crippen LogP contribution is -2.37. The van der Waals surface area contributed by atoms with Crippen LogP contribution in [0.5, 0.6) is 0 Å². The zero-order valence-electron chi connectivity index (χ0n) is 30.3. The molecule has 6 aromatic rings. The minimum absolute atomic E-state index is 0.0385. The van der Waals surface area contributed by atoms with E-state index >= 15 is 0 Å². The molecule has 0 amide bonds. The van der Waals surface area contributed by atoms with Gasteiger partial charge in [0, 0.05) is 35.3 Å². The van der Waals surface area contributed by atoms with Crippen LogP contribution in [-0.2, 0) is 12.8 Å². The van der Waals surface area contributed by atoms with E-state index in [0.29, 0.717) is 11.4 Å². The van der Waals surface area contributed by atoms with Crippen LogP contribution in [0.2, 0.25) is 0 Å². The molecule has 2 aromatic heterocycles. The standard InChI is InChI=1S/C24H29N3O.C19H19BrN2O/c1-4-19(15-18-9-6-5-7-10-18)27-17(2)25-23-14-13-21(16-22(23)24(27)28)26(3)20-11-8-12-20;1-3-16(11-14-7-5-4-6-8-14)22-13(2)21-18-10-9-15(20)12-17(18)19(22)23/h5-7,9-10,13-14,16,19-20H,4,8,11-12,15H2,1-3H3;4-10,12,16H,3,11H2,1-2H3/t19-;16-/m11/s1.